The van der Waals surface area contributed by atoms with Gasteiger partial charge in [0.25, 0.3) is 0 Å². The Labute approximate surface area is 105 Å². The topological polar surface area (TPSA) is 59.0 Å². The fourth-order valence-corrected chi connectivity index (χ4v) is 2.46. The summed E-state index contributed by atoms with van der Waals surface area (Å²) in [6.07, 6.45) is 6.56. The van der Waals surface area contributed by atoms with Crippen molar-refractivity contribution in [1.82, 2.24) is 15.1 Å². The summed E-state index contributed by atoms with van der Waals surface area (Å²) in [4.78, 5) is 10.6. The van der Waals surface area contributed by atoms with Gasteiger partial charge in [0.05, 0.1) is 5.69 Å². The molecule has 0 spiro atoms. The monoisotopic (exact) mass is 244 g/mol. The van der Waals surface area contributed by atoms with Crippen LogP contribution in [-0.4, -0.2) is 22.7 Å². The van der Waals surface area contributed by atoms with E-state index < -0.39 is 0 Å². The summed E-state index contributed by atoms with van der Waals surface area (Å²) in [5.74, 6) is 0. The largest absolute Gasteiger partial charge is 0.327 e. The Kier molecular flexibility index (Phi) is 2.98. The van der Waals surface area contributed by atoms with Crippen molar-refractivity contribution >= 4 is 23.0 Å². The van der Waals surface area contributed by atoms with Gasteiger partial charge in [-0.25, -0.2) is 0 Å². The number of fused-ring (bicyclic) bond motifs is 1. The molecule has 1 fully saturated rings. The Morgan fingerprint density at radius 2 is 2.39 bits per heavy atom. The van der Waals surface area contributed by atoms with Crippen molar-refractivity contribution in [2.75, 3.05) is 11.9 Å². The first kappa shape index (κ1) is 11.2. The maximum atomic E-state index is 10.6. The van der Waals surface area contributed by atoms with Gasteiger partial charge in [0.15, 0.2) is 0 Å². The molecule has 94 valence electrons. The van der Waals surface area contributed by atoms with Crippen molar-refractivity contribution in [2.24, 2.45) is 0 Å². The first-order valence-corrected chi connectivity index (χ1v) is 6.30. The number of rotatable bonds is 3. The molecule has 1 saturated heterocycles. The van der Waals surface area contributed by atoms with Crippen LogP contribution in [0.3, 0.4) is 0 Å². The second kappa shape index (κ2) is 4.78. The molecule has 3 rings (SSSR count). The van der Waals surface area contributed by atoms with Crippen molar-refractivity contribution in [1.29, 1.82) is 0 Å². The van der Waals surface area contributed by atoms with Gasteiger partial charge < -0.3 is 5.32 Å². The molecule has 5 nitrogen and oxygen atoms in total. The number of nitrogens with one attached hydrogen (secondary N) is 2. The van der Waals surface area contributed by atoms with E-state index in [0.717, 1.165) is 29.6 Å². The van der Waals surface area contributed by atoms with Crippen molar-refractivity contribution in [3.63, 3.8) is 0 Å². The van der Waals surface area contributed by atoms with Crippen LogP contribution in [0.4, 0.5) is 5.69 Å². The van der Waals surface area contributed by atoms with Crippen LogP contribution in [0.15, 0.2) is 24.4 Å². The van der Waals surface area contributed by atoms with Crippen LogP contribution in [0.2, 0.25) is 0 Å². The molecule has 2 aromatic rings. The molecule has 1 aromatic carbocycles. The number of benzene rings is 1. The smallest absolute Gasteiger partial charge is 0.211 e. The third kappa shape index (κ3) is 1.97. The molecule has 1 aromatic heterocycles. The molecule has 5 heteroatoms. The van der Waals surface area contributed by atoms with Crippen LogP contribution in [0, 0.1) is 0 Å². The van der Waals surface area contributed by atoms with E-state index in [0.29, 0.717) is 6.41 Å². The Hall–Kier alpha value is -1.88. The molecule has 1 amide bonds. The van der Waals surface area contributed by atoms with Gasteiger partial charge in [-0.05, 0) is 31.9 Å². The van der Waals surface area contributed by atoms with Crippen molar-refractivity contribution in [3.8, 4) is 0 Å². The lowest BCUT2D eigenvalue weighted by Crippen LogP contribution is -2.31. The quantitative estimate of drug-likeness (QED) is 0.810. The van der Waals surface area contributed by atoms with E-state index in [2.05, 4.69) is 15.7 Å². The summed E-state index contributed by atoms with van der Waals surface area (Å²) in [6, 6.07) is 5.80. The van der Waals surface area contributed by atoms with Crippen LogP contribution in [0.5, 0.6) is 0 Å². The first-order chi connectivity index (χ1) is 8.88. The number of piperidine rings is 1. The van der Waals surface area contributed by atoms with E-state index in [4.69, 9.17) is 0 Å². The molecule has 2 N–H and O–H groups in total. The summed E-state index contributed by atoms with van der Waals surface area (Å²) in [6.45, 7) is 1.04. The molecule has 0 radical (unpaired) electrons. The van der Waals surface area contributed by atoms with Gasteiger partial charge in [-0.3, -0.25) is 14.8 Å². The van der Waals surface area contributed by atoms with Crippen LogP contribution in [0.1, 0.15) is 25.4 Å². The van der Waals surface area contributed by atoms with Gasteiger partial charge in [-0.15, -0.1) is 0 Å². The molecule has 1 atom stereocenters. The number of aromatic nitrogens is 2. The number of hydrogen-bond acceptors (Lipinski definition) is 3. The lowest BCUT2D eigenvalue weighted by molar-refractivity contribution is -0.105. The molecule has 1 aliphatic rings. The predicted molar refractivity (Wildman–Crippen MR) is 70.3 cm³/mol. The van der Waals surface area contributed by atoms with Gasteiger partial charge in [0.2, 0.25) is 6.41 Å². The zero-order valence-electron chi connectivity index (χ0n) is 10.1. The molecule has 0 saturated carbocycles. The Morgan fingerprint density at radius 3 is 3.17 bits per heavy atom. The standard InChI is InChI=1S/C13H16N4O/c18-9-15-11-5-3-4-10-8-17(16-13(10)11)12-6-1-2-7-14-12/h3-5,8-9,12,14H,1-2,6-7H2,(H,15,18). The third-order valence-electron chi connectivity index (χ3n) is 3.37. The Morgan fingerprint density at radius 1 is 1.44 bits per heavy atom. The summed E-state index contributed by atoms with van der Waals surface area (Å²) < 4.78 is 1.97. The second-order valence-electron chi connectivity index (χ2n) is 4.58. The molecule has 1 aliphatic heterocycles. The number of hydrogen-bond donors (Lipinski definition) is 2. The number of anilines is 1. The second-order valence-corrected chi connectivity index (χ2v) is 4.58. The average molecular weight is 244 g/mol. The van der Waals surface area contributed by atoms with Crippen LogP contribution >= 0.6 is 0 Å². The SMILES string of the molecule is O=CNc1cccc2cn(C3CCCCN3)nc12. The normalized spacial score (nSPS) is 19.9. The minimum Gasteiger partial charge on any atom is -0.327 e. The maximum Gasteiger partial charge on any atom is 0.211 e. The highest BCUT2D eigenvalue weighted by molar-refractivity contribution is 5.94. The minimum absolute atomic E-state index is 0.273. The lowest BCUT2D eigenvalue weighted by atomic mass is 10.1. The fraction of sp³-hybridized carbons (Fsp3) is 0.385. The lowest BCUT2D eigenvalue weighted by Gasteiger charge is -2.23. The van der Waals surface area contributed by atoms with E-state index >= 15 is 0 Å². The third-order valence-corrected chi connectivity index (χ3v) is 3.37. The van der Waals surface area contributed by atoms with Gasteiger partial charge in [-0.2, -0.15) is 5.10 Å². The van der Waals surface area contributed by atoms with E-state index in [1.165, 1.54) is 12.8 Å². The van der Waals surface area contributed by atoms with Gasteiger partial charge >= 0.3 is 0 Å². The molecule has 2 heterocycles. The van der Waals surface area contributed by atoms with Crippen molar-refractivity contribution in [3.05, 3.63) is 24.4 Å². The number of nitrogens with zero attached hydrogens (tertiary/aromatic N) is 2. The van der Waals surface area contributed by atoms with E-state index in [1.807, 2.05) is 29.1 Å². The number of amides is 1. The molecule has 0 aliphatic carbocycles. The highest BCUT2D eigenvalue weighted by atomic mass is 16.1. The van der Waals surface area contributed by atoms with Crippen LogP contribution in [-0.2, 0) is 4.79 Å². The van der Waals surface area contributed by atoms with E-state index in [1.54, 1.807) is 0 Å². The molecular formula is C13H16N4O. The zero-order chi connectivity index (χ0) is 12.4. The highest BCUT2D eigenvalue weighted by Gasteiger charge is 2.16. The number of carbonyl (C=O) groups excluding carboxylic acids is 1. The zero-order valence-corrected chi connectivity index (χ0v) is 10.1. The van der Waals surface area contributed by atoms with Gasteiger partial charge in [0.1, 0.15) is 11.7 Å². The molecule has 18 heavy (non-hydrogen) atoms. The fourth-order valence-electron chi connectivity index (χ4n) is 2.46. The number of carbonyl (C=O) groups is 1. The Balaban J connectivity index is 1.99. The molecule has 1 unspecified atom stereocenters. The van der Waals surface area contributed by atoms with Crippen molar-refractivity contribution < 1.29 is 4.79 Å². The average Bonchev–Trinajstić information content (AvgIpc) is 2.85. The highest BCUT2D eigenvalue weighted by Crippen LogP contribution is 2.24. The van der Waals surface area contributed by atoms with Crippen LogP contribution < -0.4 is 10.6 Å². The van der Waals surface area contributed by atoms with Gasteiger partial charge in [0, 0.05) is 11.6 Å². The van der Waals surface area contributed by atoms with E-state index in [-0.39, 0.29) is 6.17 Å². The summed E-state index contributed by atoms with van der Waals surface area (Å²) >= 11 is 0. The maximum absolute atomic E-state index is 10.6. The predicted octanol–water partition coefficient (Wildman–Crippen LogP) is 1.88. The summed E-state index contributed by atoms with van der Waals surface area (Å²) in [5, 5.41) is 11.8. The van der Waals surface area contributed by atoms with Crippen LogP contribution in [0.25, 0.3) is 10.9 Å². The summed E-state index contributed by atoms with van der Waals surface area (Å²) in [5.41, 5.74) is 1.61. The Bertz CT molecular complexity index is 557. The first-order valence-electron chi connectivity index (χ1n) is 6.30. The molecule has 0 bridgehead atoms. The van der Waals surface area contributed by atoms with Gasteiger partial charge in [-0.1, -0.05) is 12.1 Å². The minimum atomic E-state index is 0.273. The van der Waals surface area contributed by atoms with E-state index in [9.17, 15) is 4.79 Å². The summed E-state index contributed by atoms with van der Waals surface area (Å²) in [7, 11) is 0. The van der Waals surface area contributed by atoms with Crippen molar-refractivity contribution in [2.45, 2.75) is 25.4 Å². The molecular weight excluding hydrogens is 228 g/mol.